The van der Waals surface area contributed by atoms with Crippen LogP contribution in [0.15, 0.2) is 48.7 Å². The molecule has 3 aromatic rings. The Hall–Kier alpha value is -2.04. The summed E-state index contributed by atoms with van der Waals surface area (Å²) < 4.78 is 1.86. The molecule has 1 heterocycles. The zero-order valence-electron chi connectivity index (χ0n) is 12.4. The van der Waals surface area contributed by atoms with Crippen LogP contribution >= 0.6 is 11.6 Å². The first-order valence-electron chi connectivity index (χ1n) is 7.19. The van der Waals surface area contributed by atoms with Gasteiger partial charge in [0.05, 0.1) is 18.3 Å². The van der Waals surface area contributed by atoms with Crippen molar-refractivity contribution in [3.05, 3.63) is 59.2 Å². The van der Waals surface area contributed by atoms with Crippen molar-refractivity contribution in [3.8, 4) is 0 Å². The highest BCUT2D eigenvalue weighted by Gasteiger charge is 2.09. The second-order valence-corrected chi connectivity index (χ2v) is 5.72. The third kappa shape index (κ3) is 3.08. The maximum Gasteiger partial charge on any atom is 0.0680 e. The lowest BCUT2D eigenvalue weighted by molar-refractivity contribution is 0.301. The lowest BCUT2D eigenvalue weighted by Crippen LogP contribution is -2.26. The van der Waals surface area contributed by atoms with Crippen LogP contribution in [-0.4, -0.2) is 28.0 Å². The normalized spacial score (nSPS) is 11.0. The first-order valence-corrected chi connectivity index (χ1v) is 7.57. The van der Waals surface area contributed by atoms with Crippen molar-refractivity contribution >= 4 is 28.2 Å². The number of rotatable bonds is 5. The number of fused-ring (bicyclic) bond motifs is 1. The summed E-state index contributed by atoms with van der Waals surface area (Å²) >= 11 is 5.93. The number of nitrogens with zero attached hydrogens (tertiary/aromatic N) is 3. The Bertz CT molecular complexity index is 767. The van der Waals surface area contributed by atoms with Gasteiger partial charge in [0, 0.05) is 36.2 Å². The van der Waals surface area contributed by atoms with E-state index in [1.54, 1.807) is 0 Å². The van der Waals surface area contributed by atoms with Crippen LogP contribution in [0.1, 0.15) is 5.56 Å². The van der Waals surface area contributed by atoms with Gasteiger partial charge in [-0.2, -0.15) is 5.10 Å². The second-order valence-electron chi connectivity index (χ2n) is 5.28. The van der Waals surface area contributed by atoms with Crippen LogP contribution in [0.5, 0.6) is 0 Å². The molecule has 0 radical (unpaired) electrons. The van der Waals surface area contributed by atoms with Gasteiger partial charge in [0.15, 0.2) is 0 Å². The Balaban J connectivity index is 1.89. The molecule has 0 unspecified atom stereocenters. The number of aryl methyl sites for hydroxylation is 1. The molecule has 0 aliphatic heterocycles. The Morgan fingerprint density at radius 1 is 1.18 bits per heavy atom. The fourth-order valence-electron chi connectivity index (χ4n) is 2.58. The zero-order valence-corrected chi connectivity index (χ0v) is 13.2. The minimum atomic E-state index is 0.110. The maximum absolute atomic E-state index is 9.36. The van der Waals surface area contributed by atoms with Gasteiger partial charge >= 0.3 is 0 Å². The Kier molecular flexibility index (Phi) is 4.32. The number of benzene rings is 2. The third-order valence-corrected chi connectivity index (χ3v) is 4.00. The van der Waals surface area contributed by atoms with E-state index in [-0.39, 0.29) is 6.61 Å². The Labute approximate surface area is 134 Å². The highest BCUT2D eigenvalue weighted by atomic mass is 35.5. The lowest BCUT2D eigenvalue weighted by atomic mass is 10.1. The zero-order chi connectivity index (χ0) is 15.5. The summed E-state index contributed by atoms with van der Waals surface area (Å²) in [6.45, 7) is 1.41. The van der Waals surface area contributed by atoms with Gasteiger partial charge in [-0.1, -0.05) is 23.7 Å². The number of anilines is 1. The molecule has 5 heteroatoms. The minimum Gasteiger partial charge on any atom is -0.395 e. The quantitative estimate of drug-likeness (QED) is 0.786. The van der Waals surface area contributed by atoms with Crippen molar-refractivity contribution in [2.24, 2.45) is 7.05 Å². The highest BCUT2D eigenvalue weighted by Crippen LogP contribution is 2.23. The monoisotopic (exact) mass is 315 g/mol. The van der Waals surface area contributed by atoms with Crippen molar-refractivity contribution in [1.29, 1.82) is 0 Å². The summed E-state index contributed by atoms with van der Waals surface area (Å²) in [7, 11) is 1.93. The molecule has 3 rings (SSSR count). The van der Waals surface area contributed by atoms with Crippen LogP contribution in [0.3, 0.4) is 0 Å². The fourth-order valence-corrected chi connectivity index (χ4v) is 2.70. The molecule has 22 heavy (non-hydrogen) atoms. The number of hydrogen-bond acceptors (Lipinski definition) is 3. The molecule has 2 aromatic carbocycles. The van der Waals surface area contributed by atoms with Gasteiger partial charge in [-0.3, -0.25) is 4.68 Å². The predicted octanol–water partition coefficient (Wildman–Crippen LogP) is 3.23. The molecule has 0 spiro atoms. The topological polar surface area (TPSA) is 41.3 Å². The van der Waals surface area contributed by atoms with Crippen LogP contribution in [0.4, 0.5) is 5.69 Å². The molecular formula is C17H18ClN3O. The molecule has 1 N–H and O–H groups in total. The molecule has 114 valence electrons. The van der Waals surface area contributed by atoms with E-state index < -0.39 is 0 Å². The highest BCUT2D eigenvalue weighted by molar-refractivity contribution is 6.30. The van der Waals surface area contributed by atoms with Crippen molar-refractivity contribution in [3.63, 3.8) is 0 Å². The molecule has 4 nitrogen and oxygen atoms in total. The molecule has 0 bridgehead atoms. The van der Waals surface area contributed by atoms with Crippen LogP contribution in [0, 0.1) is 0 Å². The number of hydrogen-bond donors (Lipinski definition) is 1. The van der Waals surface area contributed by atoms with Gasteiger partial charge in [0.1, 0.15) is 0 Å². The van der Waals surface area contributed by atoms with E-state index in [2.05, 4.69) is 28.2 Å². The minimum absolute atomic E-state index is 0.110. The molecule has 0 saturated heterocycles. The van der Waals surface area contributed by atoms with Gasteiger partial charge in [-0.25, -0.2) is 0 Å². The van der Waals surface area contributed by atoms with Crippen molar-refractivity contribution in [2.45, 2.75) is 6.54 Å². The molecule has 0 aliphatic carbocycles. The average molecular weight is 316 g/mol. The van der Waals surface area contributed by atoms with Gasteiger partial charge in [0.25, 0.3) is 0 Å². The first kappa shape index (κ1) is 14.9. The maximum atomic E-state index is 9.36. The summed E-state index contributed by atoms with van der Waals surface area (Å²) in [5, 5.41) is 15.5. The number of aliphatic hydroxyl groups excluding tert-OH is 1. The number of aromatic nitrogens is 2. The molecule has 0 fully saturated rings. The largest absolute Gasteiger partial charge is 0.395 e. The molecule has 0 saturated carbocycles. The van der Waals surface area contributed by atoms with Crippen LogP contribution < -0.4 is 4.90 Å². The van der Waals surface area contributed by atoms with E-state index >= 15 is 0 Å². The number of aliphatic hydroxyl groups is 1. The van der Waals surface area contributed by atoms with E-state index in [9.17, 15) is 5.11 Å². The lowest BCUT2D eigenvalue weighted by Gasteiger charge is -2.24. The molecular weight excluding hydrogens is 298 g/mol. The Morgan fingerprint density at radius 3 is 2.68 bits per heavy atom. The summed E-state index contributed by atoms with van der Waals surface area (Å²) in [5.74, 6) is 0. The predicted molar refractivity (Wildman–Crippen MR) is 90.3 cm³/mol. The fraction of sp³-hybridized carbons (Fsp3) is 0.235. The molecule has 0 amide bonds. The Morgan fingerprint density at radius 2 is 1.95 bits per heavy atom. The molecule has 1 aromatic heterocycles. The van der Waals surface area contributed by atoms with Crippen molar-refractivity contribution in [2.75, 3.05) is 18.1 Å². The van der Waals surface area contributed by atoms with E-state index in [1.807, 2.05) is 42.2 Å². The summed E-state index contributed by atoms with van der Waals surface area (Å²) in [6, 6.07) is 14.0. The van der Waals surface area contributed by atoms with Crippen LogP contribution in [0.2, 0.25) is 5.02 Å². The summed E-state index contributed by atoms with van der Waals surface area (Å²) in [5.41, 5.74) is 3.33. The number of halogens is 1. The van der Waals surface area contributed by atoms with E-state index in [4.69, 9.17) is 11.6 Å². The van der Waals surface area contributed by atoms with Gasteiger partial charge < -0.3 is 10.0 Å². The molecule has 0 atom stereocenters. The smallest absolute Gasteiger partial charge is 0.0680 e. The standard InChI is InChI=1S/C17H18ClN3O/c1-20-17-7-6-16(10-14(17)11-19-20)21(8-9-22)12-13-2-4-15(18)5-3-13/h2-7,10-11,22H,8-9,12H2,1H3. The van der Waals surface area contributed by atoms with Crippen LogP contribution in [-0.2, 0) is 13.6 Å². The SMILES string of the molecule is Cn1ncc2cc(N(CCO)Cc3ccc(Cl)cc3)ccc21. The van der Waals surface area contributed by atoms with Crippen LogP contribution in [0.25, 0.3) is 10.9 Å². The second kappa shape index (κ2) is 6.38. The van der Waals surface area contributed by atoms with Crippen molar-refractivity contribution < 1.29 is 5.11 Å². The van der Waals surface area contributed by atoms with E-state index in [0.29, 0.717) is 6.54 Å². The van der Waals surface area contributed by atoms with Gasteiger partial charge in [0.2, 0.25) is 0 Å². The van der Waals surface area contributed by atoms with E-state index in [0.717, 1.165) is 33.7 Å². The summed E-state index contributed by atoms with van der Waals surface area (Å²) in [4.78, 5) is 2.15. The first-order chi connectivity index (χ1) is 10.7. The molecule has 0 aliphatic rings. The van der Waals surface area contributed by atoms with E-state index in [1.165, 1.54) is 0 Å². The van der Waals surface area contributed by atoms with Crippen molar-refractivity contribution in [1.82, 2.24) is 9.78 Å². The van der Waals surface area contributed by atoms with Gasteiger partial charge in [-0.15, -0.1) is 0 Å². The average Bonchev–Trinajstić information content (AvgIpc) is 2.90. The third-order valence-electron chi connectivity index (χ3n) is 3.75. The summed E-state index contributed by atoms with van der Waals surface area (Å²) in [6.07, 6.45) is 1.86. The van der Waals surface area contributed by atoms with Gasteiger partial charge in [-0.05, 0) is 35.9 Å².